The van der Waals surface area contributed by atoms with E-state index in [1.165, 1.54) is 24.7 Å². The average molecular weight is 312 g/mol. The molecule has 0 atom stereocenters. The standard InChI is InChI=1S/C17H12O6/c1-11-12(22-16(18)14-7-3-9-20-14)5-2-6-13(11)23-17(19)15-8-4-10-21-15/h2-10H,1H3. The van der Waals surface area contributed by atoms with Gasteiger partial charge < -0.3 is 18.3 Å². The summed E-state index contributed by atoms with van der Waals surface area (Å²) in [6, 6.07) is 11.0. The summed E-state index contributed by atoms with van der Waals surface area (Å²) < 4.78 is 20.5. The maximum absolute atomic E-state index is 11.9. The molecule has 6 heteroatoms. The highest BCUT2D eigenvalue weighted by atomic mass is 16.6. The minimum atomic E-state index is -0.632. The zero-order valence-corrected chi connectivity index (χ0v) is 12.1. The Morgan fingerprint density at radius 2 is 1.26 bits per heavy atom. The number of esters is 2. The van der Waals surface area contributed by atoms with E-state index in [1.54, 1.807) is 37.3 Å². The Labute approximate surface area is 131 Å². The Morgan fingerprint density at radius 1 is 0.783 bits per heavy atom. The molecule has 0 N–H and O–H groups in total. The lowest BCUT2D eigenvalue weighted by Crippen LogP contribution is -2.11. The largest absolute Gasteiger partial charge is 0.457 e. The van der Waals surface area contributed by atoms with E-state index in [9.17, 15) is 9.59 Å². The van der Waals surface area contributed by atoms with Crippen molar-refractivity contribution >= 4 is 11.9 Å². The molecule has 0 saturated carbocycles. The molecular weight excluding hydrogens is 300 g/mol. The molecule has 0 bridgehead atoms. The molecule has 6 nitrogen and oxygen atoms in total. The highest BCUT2D eigenvalue weighted by molar-refractivity contribution is 5.89. The number of ether oxygens (including phenoxy) is 2. The number of carbonyl (C=O) groups is 2. The molecule has 116 valence electrons. The van der Waals surface area contributed by atoms with Gasteiger partial charge in [-0.2, -0.15) is 0 Å². The normalized spacial score (nSPS) is 10.3. The van der Waals surface area contributed by atoms with Gasteiger partial charge in [-0.1, -0.05) is 6.07 Å². The Hall–Kier alpha value is -3.28. The van der Waals surface area contributed by atoms with Crippen LogP contribution in [0.1, 0.15) is 26.7 Å². The van der Waals surface area contributed by atoms with Gasteiger partial charge in [-0.15, -0.1) is 0 Å². The number of hydrogen-bond acceptors (Lipinski definition) is 6. The second-order valence-corrected chi connectivity index (χ2v) is 4.61. The topological polar surface area (TPSA) is 78.9 Å². The molecular formula is C17H12O6. The lowest BCUT2D eigenvalue weighted by Gasteiger charge is -2.10. The van der Waals surface area contributed by atoms with E-state index >= 15 is 0 Å². The third kappa shape index (κ3) is 3.16. The van der Waals surface area contributed by atoms with Crippen LogP contribution in [0.4, 0.5) is 0 Å². The molecule has 0 aliphatic heterocycles. The molecule has 3 aromatic rings. The van der Waals surface area contributed by atoms with Gasteiger partial charge in [0.15, 0.2) is 0 Å². The predicted octanol–water partition coefficient (Wildman–Crippen LogP) is 3.62. The summed E-state index contributed by atoms with van der Waals surface area (Å²) in [4.78, 5) is 23.8. The van der Waals surface area contributed by atoms with Crippen LogP contribution in [0.15, 0.2) is 63.8 Å². The zero-order chi connectivity index (χ0) is 16.2. The minimum absolute atomic E-state index is 0.0855. The molecule has 2 heterocycles. The summed E-state index contributed by atoms with van der Waals surface area (Å²) in [5, 5.41) is 0. The maximum Gasteiger partial charge on any atom is 0.379 e. The van der Waals surface area contributed by atoms with E-state index in [4.69, 9.17) is 18.3 Å². The van der Waals surface area contributed by atoms with Gasteiger partial charge in [-0.25, -0.2) is 9.59 Å². The number of carbonyl (C=O) groups excluding carboxylic acids is 2. The van der Waals surface area contributed by atoms with Crippen molar-refractivity contribution in [1.29, 1.82) is 0 Å². The molecule has 0 amide bonds. The molecule has 0 radical (unpaired) electrons. The van der Waals surface area contributed by atoms with Crippen molar-refractivity contribution in [3.63, 3.8) is 0 Å². The lowest BCUT2D eigenvalue weighted by molar-refractivity contribution is 0.0696. The maximum atomic E-state index is 11.9. The van der Waals surface area contributed by atoms with Crippen molar-refractivity contribution in [3.05, 3.63) is 72.1 Å². The number of hydrogen-bond donors (Lipinski definition) is 0. The van der Waals surface area contributed by atoms with Crippen LogP contribution >= 0.6 is 0 Å². The molecule has 0 fully saturated rings. The molecule has 0 unspecified atom stereocenters. The molecule has 2 aromatic heterocycles. The summed E-state index contributed by atoms with van der Waals surface area (Å²) in [6.07, 6.45) is 2.76. The van der Waals surface area contributed by atoms with Gasteiger partial charge in [0.1, 0.15) is 11.5 Å². The summed E-state index contributed by atoms with van der Waals surface area (Å²) >= 11 is 0. The average Bonchev–Trinajstić information content (AvgIpc) is 3.24. The first-order valence-electron chi connectivity index (χ1n) is 6.76. The smallest absolute Gasteiger partial charge is 0.379 e. The molecule has 0 aliphatic carbocycles. The van der Waals surface area contributed by atoms with E-state index in [2.05, 4.69) is 0 Å². The van der Waals surface area contributed by atoms with E-state index in [1.807, 2.05) is 0 Å². The van der Waals surface area contributed by atoms with Crippen LogP contribution in [0.5, 0.6) is 11.5 Å². The molecule has 0 aliphatic rings. The number of furan rings is 2. The summed E-state index contributed by atoms with van der Waals surface area (Å²) in [5.74, 6) is -0.544. The highest BCUT2D eigenvalue weighted by Gasteiger charge is 2.17. The van der Waals surface area contributed by atoms with Crippen molar-refractivity contribution < 1.29 is 27.9 Å². The van der Waals surface area contributed by atoms with Gasteiger partial charge in [0.25, 0.3) is 0 Å². The molecule has 0 saturated heterocycles. The van der Waals surface area contributed by atoms with Gasteiger partial charge >= 0.3 is 11.9 Å². The third-order valence-electron chi connectivity index (χ3n) is 3.08. The lowest BCUT2D eigenvalue weighted by atomic mass is 10.2. The first-order chi connectivity index (χ1) is 11.1. The van der Waals surface area contributed by atoms with E-state index in [0.717, 1.165) is 0 Å². The monoisotopic (exact) mass is 312 g/mol. The van der Waals surface area contributed by atoms with Crippen LogP contribution in [0.25, 0.3) is 0 Å². The molecule has 0 spiro atoms. The van der Waals surface area contributed by atoms with Gasteiger partial charge in [-0.05, 0) is 43.3 Å². The Balaban J connectivity index is 1.78. The van der Waals surface area contributed by atoms with Crippen LogP contribution < -0.4 is 9.47 Å². The van der Waals surface area contributed by atoms with Gasteiger partial charge in [0.2, 0.25) is 11.5 Å². The van der Waals surface area contributed by atoms with Crippen LogP contribution in [0.3, 0.4) is 0 Å². The first kappa shape index (κ1) is 14.6. The molecule has 23 heavy (non-hydrogen) atoms. The van der Waals surface area contributed by atoms with Gasteiger partial charge in [-0.3, -0.25) is 0 Å². The van der Waals surface area contributed by atoms with Crippen molar-refractivity contribution in [2.75, 3.05) is 0 Å². The van der Waals surface area contributed by atoms with Gasteiger partial charge in [0, 0.05) is 5.56 Å². The van der Waals surface area contributed by atoms with E-state index in [-0.39, 0.29) is 23.0 Å². The summed E-state index contributed by atoms with van der Waals surface area (Å²) in [6.45, 7) is 1.68. The van der Waals surface area contributed by atoms with Crippen LogP contribution in [0, 0.1) is 6.92 Å². The fourth-order valence-electron chi connectivity index (χ4n) is 1.91. The summed E-state index contributed by atoms with van der Waals surface area (Å²) in [5.41, 5.74) is 0.507. The summed E-state index contributed by atoms with van der Waals surface area (Å²) in [7, 11) is 0. The second-order valence-electron chi connectivity index (χ2n) is 4.61. The Kier molecular flexibility index (Phi) is 3.97. The van der Waals surface area contributed by atoms with E-state index in [0.29, 0.717) is 5.56 Å². The SMILES string of the molecule is Cc1c(OC(=O)c2ccco2)cccc1OC(=O)c1ccco1. The highest BCUT2D eigenvalue weighted by Crippen LogP contribution is 2.28. The van der Waals surface area contributed by atoms with Crippen LogP contribution in [-0.4, -0.2) is 11.9 Å². The fraction of sp³-hybridized carbons (Fsp3) is 0.0588. The van der Waals surface area contributed by atoms with Gasteiger partial charge in [0.05, 0.1) is 12.5 Å². The van der Waals surface area contributed by atoms with E-state index < -0.39 is 11.9 Å². The zero-order valence-electron chi connectivity index (χ0n) is 12.1. The molecule has 3 rings (SSSR count). The van der Waals surface area contributed by atoms with Crippen molar-refractivity contribution in [1.82, 2.24) is 0 Å². The van der Waals surface area contributed by atoms with Crippen LogP contribution in [0.2, 0.25) is 0 Å². The third-order valence-corrected chi connectivity index (χ3v) is 3.08. The van der Waals surface area contributed by atoms with Crippen LogP contribution in [-0.2, 0) is 0 Å². The minimum Gasteiger partial charge on any atom is -0.457 e. The first-order valence-corrected chi connectivity index (χ1v) is 6.76. The Bertz CT molecular complexity index is 748. The number of benzene rings is 1. The van der Waals surface area contributed by atoms with Crippen molar-refractivity contribution in [2.24, 2.45) is 0 Å². The number of rotatable bonds is 4. The van der Waals surface area contributed by atoms with Crippen molar-refractivity contribution in [2.45, 2.75) is 6.92 Å². The molecule has 1 aromatic carbocycles. The van der Waals surface area contributed by atoms with Crippen molar-refractivity contribution in [3.8, 4) is 11.5 Å². The second kappa shape index (κ2) is 6.23. The predicted molar refractivity (Wildman–Crippen MR) is 78.5 cm³/mol. The quantitative estimate of drug-likeness (QED) is 0.541. The fourth-order valence-corrected chi connectivity index (χ4v) is 1.91. The Morgan fingerprint density at radius 3 is 1.65 bits per heavy atom.